The lowest BCUT2D eigenvalue weighted by Gasteiger charge is -2.04. The Labute approximate surface area is 130 Å². The lowest BCUT2D eigenvalue weighted by Crippen LogP contribution is -1.96. The molecule has 0 atom stereocenters. The van der Waals surface area contributed by atoms with Crippen LogP contribution in [0.15, 0.2) is 29.4 Å². The number of thioether (sulfide) groups is 1. The number of rotatable bonds is 3. The topological polar surface area (TPSA) is 51.8 Å². The van der Waals surface area contributed by atoms with Gasteiger partial charge in [-0.25, -0.2) is 14.4 Å². The monoisotopic (exact) mass is 319 g/mol. The molecule has 0 spiro atoms. The van der Waals surface area contributed by atoms with Crippen molar-refractivity contribution in [3.8, 4) is 0 Å². The maximum absolute atomic E-state index is 13.6. The summed E-state index contributed by atoms with van der Waals surface area (Å²) in [5, 5.41) is 1.53. The maximum Gasteiger partial charge on any atom is 0.191 e. The van der Waals surface area contributed by atoms with Crippen LogP contribution in [0.3, 0.4) is 0 Å². The van der Waals surface area contributed by atoms with Gasteiger partial charge in [0.1, 0.15) is 16.5 Å². The average Bonchev–Trinajstić information content (AvgIpc) is 2.73. The molecule has 0 unspecified atom stereocenters. The van der Waals surface area contributed by atoms with Crippen LogP contribution in [0.25, 0.3) is 10.2 Å². The molecule has 0 saturated heterocycles. The third kappa shape index (κ3) is 2.73. The first-order valence-corrected chi connectivity index (χ1v) is 8.26. The molecule has 0 saturated carbocycles. The number of benzene rings is 1. The fourth-order valence-corrected chi connectivity index (χ4v) is 4.01. The van der Waals surface area contributed by atoms with E-state index in [-0.39, 0.29) is 5.82 Å². The summed E-state index contributed by atoms with van der Waals surface area (Å²) in [6, 6.07) is 6.73. The lowest BCUT2D eigenvalue weighted by molar-refractivity contribution is 0.617. The molecule has 108 valence electrons. The number of aromatic nitrogens is 2. The third-order valence-electron chi connectivity index (χ3n) is 3.35. The number of nitrogens with two attached hydrogens (primary N) is 1. The van der Waals surface area contributed by atoms with E-state index in [0.717, 1.165) is 15.8 Å². The molecule has 0 aliphatic rings. The Morgan fingerprint density at radius 2 is 2.00 bits per heavy atom. The van der Waals surface area contributed by atoms with Crippen molar-refractivity contribution >= 4 is 39.1 Å². The van der Waals surface area contributed by atoms with Crippen LogP contribution < -0.4 is 5.73 Å². The minimum atomic E-state index is -0.207. The lowest BCUT2D eigenvalue weighted by atomic mass is 10.2. The van der Waals surface area contributed by atoms with Crippen LogP contribution in [0, 0.1) is 19.7 Å². The second-order valence-corrected chi connectivity index (χ2v) is 6.88. The van der Waals surface area contributed by atoms with Crippen LogP contribution in [0.1, 0.15) is 16.0 Å². The van der Waals surface area contributed by atoms with Gasteiger partial charge in [-0.3, -0.25) is 0 Å². The predicted molar refractivity (Wildman–Crippen MR) is 87.3 cm³/mol. The zero-order valence-corrected chi connectivity index (χ0v) is 13.3. The van der Waals surface area contributed by atoms with Crippen LogP contribution in [-0.4, -0.2) is 9.97 Å². The summed E-state index contributed by atoms with van der Waals surface area (Å²) in [5.74, 6) is 0.778. The van der Waals surface area contributed by atoms with Crippen LogP contribution >= 0.6 is 23.1 Å². The number of hydrogen-bond donors (Lipinski definition) is 1. The first-order chi connectivity index (χ1) is 10.1. The second kappa shape index (κ2) is 5.61. The van der Waals surface area contributed by atoms with Gasteiger partial charge in [0.25, 0.3) is 0 Å². The van der Waals surface area contributed by atoms with Gasteiger partial charge >= 0.3 is 0 Å². The van der Waals surface area contributed by atoms with Crippen molar-refractivity contribution in [2.45, 2.75) is 24.8 Å². The molecule has 0 fully saturated rings. The summed E-state index contributed by atoms with van der Waals surface area (Å²) >= 11 is 3.01. The van der Waals surface area contributed by atoms with E-state index in [0.29, 0.717) is 22.3 Å². The largest absolute Gasteiger partial charge is 0.383 e. The normalized spacial score (nSPS) is 11.2. The van der Waals surface area contributed by atoms with Gasteiger partial charge in [0, 0.05) is 10.6 Å². The van der Waals surface area contributed by atoms with Crippen molar-refractivity contribution in [2.75, 3.05) is 5.73 Å². The molecule has 0 aliphatic heterocycles. The van der Waals surface area contributed by atoms with Crippen molar-refractivity contribution in [1.82, 2.24) is 9.97 Å². The number of hydrogen-bond acceptors (Lipinski definition) is 5. The van der Waals surface area contributed by atoms with Crippen molar-refractivity contribution in [1.29, 1.82) is 0 Å². The summed E-state index contributed by atoms with van der Waals surface area (Å²) in [5.41, 5.74) is 7.82. The number of aryl methyl sites for hydroxylation is 2. The summed E-state index contributed by atoms with van der Waals surface area (Å²) in [7, 11) is 0. The molecule has 2 aromatic heterocycles. The Kier molecular flexibility index (Phi) is 3.82. The molecule has 0 bridgehead atoms. The van der Waals surface area contributed by atoms with E-state index in [1.54, 1.807) is 23.5 Å². The molecule has 3 nitrogen and oxygen atoms in total. The average molecular weight is 319 g/mol. The Bertz CT molecular complexity index is 814. The number of halogens is 1. The SMILES string of the molecule is Cc1sc2nc(SCc3ccccc3F)nc(N)c2c1C. The van der Waals surface area contributed by atoms with E-state index < -0.39 is 0 Å². The summed E-state index contributed by atoms with van der Waals surface area (Å²) < 4.78 is 13.6. The number of fused-ring (bicyclic) bond motifs is 1. The van der Waals surface area contributed by atoms with E-state index in [4.69, 9.17) is 5.73 Å². The predicted octanol–water partition coefficient (Wildman–Crippen LogP) is 4.32. The Morgan fingerprint density at radius 3 is 2.76 bits per heavy atom. The van der Waals surface area contributed by atoms with E-state index in [9.17, 15) is 4.39 Å². The molecule has 2 N–H and O–H groups in total. The van der Waals surface area contributed by atoms with E-state index in [1.807, 2.05) is 19.9 Å². The standard InChI is InChI=1S/C15H14FN3S2/c1-8-9(2)21-14-12(8)13(17)18-15(19-14)20-7-10-5-3-4-6-11(10)16/h3-6H,7H2,1-2H3,(H2,17,18,19). The molecule has 3 aromatic rings. The molecular weight excluding hydrogens is 305 g/mol. The van der Waals surface area contributed by atoms with Gasteiger partial charge in [0.05, 0.1) is 5.39 Å². The van der Waals surface area contributed by atoms with Crippen LogP contribution in [0.4, 0.5) is 10.2 Å². The molecule has 2 heterocycles. The van der Waals surface area contributed by atoms with Gasteiger partial charge in [-0.15, -0.1) is 11.3 Å². The van der Waals surface area contributed by atoms with Gasteiger partial charge < -0.3 is 5.73 Å². The highest BCUT2D eigenvalue weighted by Crippen LogP contribution is 2.34. The van der Waals surface area contributed by atoms with Gasteiger partial charge in [-0.2, -0.15) is 0 Å². The molecule has 0 radical (unpaired) electrons. The van der Waals surface area contributed by atoms with E-state index in [1.165, 1.54) is 22.7 Å². The van der Waals surface area contributed by atoms with Crippen LogP contribution in [-0.2, 0) is 5.75 Å². The van der Waals surface area contributed by atoms with Crippen molar-refractivity contribution < 1.29 is 4.39 Å². The van der Waals surface area contributed by atoms with Crippen LogP contribution in [0.5, 0.6) is 0 Å². The summed E-state index contributed by atoms with van der Waals surface area (Å²) in [4.78, 5) is 11.0. The maximum atomic E-state index is 13.6. The fourth-order valence-electron chi connectivity index (χ4n) is 2.08. The van der Waals surface area contributed by atoms with Crippen molar-refractivity contribution in [2.24, 2.45) is 0 Å². The Hall–Kier alpha value is -1.66. The highest BCUT2D eigenvalue weighted by molar-refractivity contribution is 7.98. The van der Waals surface area contributed by atoms with Gasteiger partial charge in [-0.1, -0.05) is 30.0 Å². The molecule has 21 heavy (non-hydrogen) atoms. The second-order valence-electron chi connectivity index (χ2n) is 4.73. The first-order valence-electron chi connectivity index (χ1n) is 6.45. The minimum Gasteiger partial charge on any atom is -0.383 e. The van der Waals surface area contributed by atoms with Gasteiger partial charge in [0.15, 0.2) is 5.16 Å². The molecular formula is C15H14FN3S2. The number of nitrogens with zero attached hydrogens (tertiary/aromatic N) is 2. The van der Waals surface area contributed by atoms with Crippen molar-refractivity contribution in [3.63, 3.8) is 0 Å². The molecule has 1 aromatic carbocycles. The molecule has 0 aliphatic carbocycles. The zero-order chi connectivity index (χ0) is 15.0. The van der Waals surface area contributed by atoms with Crippen molar-refractivity contribution in [3.05, 3.63) is 46.1 Å². The number of anilines is 1. The number of thiophene rings is 1. The third-order valence-corrected chi connectivity index (χ3v) is 5.35. The quantitative estimate of drug-likeness (QED) is 0.577. The smallest absolute Gasteiger partial charge is 0.191 e. The molecule has 6 heteroatoms. The van der Waals surface area contributed by atoms with Gasteiger partial charge in [0.2, 0.25) is 0 Å². The summed E-state index contributed by atoms with van der Waals surface area (Å²) in [6.07, 6.45) is 0. The Morgan fingerprint density at radius 1 is 1.24 bits per heavy atom. The fraction of sp³-hybridized carbons (Fsp3) is 0.200. The highest BCUT2D eigenvalue weighted by Gasteiger charge is 2.13. The minimum absolute atomic E-state index is 0.207. The molecule has 0 amide bonds. The highest BCUT2D eigenvalue weighted by atomic mass is 32.2. The van der Waals surface area contributed by atoms with Gasteiger partial charge in [-0.05, 0) is 31.0 Å². The summed E-state index contributed by atoms with van der Waals surface area (Å²) in [6.45, 7) is 4.08. The van der Waals surface area contributed by atoms with Crippen LogP contribution in [0.2, 0.25) is 0 Å². The Balaban J connectivity index is 1.90. The number of nitrogen functional groups attached to an aromatic ring is 1. The van der Waals surface area contributed by atoms with E-state index in [2.05, 4.69) is 9.97 Å². The first kappa shape index (κ1) is 14.3. The zero-order valence-electron chi connectivity index (χ0n) is 11.7. The molecule has 3 rings (SSSR count). The van der Waals surface area contributed by atoms with E-state index >= 15 is 0 Å².